The zero-order chi connectivity index (χ0) is 12.1. The quantitative estimate of drug-likeness (QED) is 0.268. The molecule has 0 bridgehead atoms. The fourth-order valence-corrected chi connectivity index (χ4v) is 1.87. The molecule has 17 heavy (non-hydrogen) atoms. The summed E-state index contributed by atoms with van der Waals surface area (Å²) >= 11 is 1.89. The lowest BCUT2D eigenvalue weighted by molar-refractivity contribution is 0.672. The van der Waals surface area contributed by atoms with Crippen LogP contribution >= 0.6 is 35.7 Å². The number of aliphatic imine (C=N–C) groups is 1. The molecule has 0 amide bonds. The standard InChI is InChI=1S/C12H27N3S.HI/c1-3-4-5-6-9-14-12(13)15-10-7-8-11-16-2;/h3-11H2,1-2H3,(H3,13,14,15);1H. The predicted octanol–water partition coefficient (Wildman–Crippen LogP) is 3.23. The first kappa shape index (κ1) is 19.7. The molecule has 0 aliphatic rings. The fraction of sp³-hybridized carbons (Fsp3) is 0.917. The maximum atomic E-state index is 5.74. The molecule has 0 spiro atoms. The van der Waals surface area contributed by atoms with Crippen LogP contribution in [0.5, 0.6) is 0 Å². The van der Waals surface area contributed by atoms with Gasteiger partial charge in [0.05, 0.1) is 0 Å². The summed E-state index contributed by atoms with van der Waals surface area (Å²) < 4.78 is 0. The van der Waals surface area contributed by atoms with Gasteiger partial charge >= 0.3 is 0 Å². The van der Waals surface area contributed by atoms with Crippen molar-refractivity contribution < 1.29 is 0 Å². The minimum absolute atomic E-state index is 0. The summed E-state index contributed by atoms with van der Waals surface area (Å²) in [4.78, 5) is 4.29. The summed E-state index contributed by atoms with van der Waals surface area (Å²) in [5.74, 6) is 1.84. The van der Waals surface area contributed by atoms with Gasteiger partial charge in [0.2, 0.25) is 0 Å². The smallest absolute Gasteiger partial charge is 0.188 e. The molecule has 0 fully saturated rings. The van der Waals surface area contributed by atoms with Crippen molar-refractivity contribution in [3.05, 3.63) is 0 Å². The molecule has 0 aromatic carbocycles. The number of thioether (sulfide) groups is 1. The van der Waals surface area contributed by atoms with Crippen LogP contribution in [0.4, 0.5) is 0 Å². The van der Waals surface area contributed by atoms with E-state index in [1.165, 1.54) is 37.9 Å². The Morgan fingerprint density at radius 1 is 1.18 bits per heavy atom. The zero-order valence-electron chi connectivity index (χ0n) is 11.2. The van der Waals surface area contributed by atoms with Crippen molar-refractivity contribution in [3.63, 3.8) is 0 Å². The Morgan fingerprint density at radius 2 is 1.94 bits per heavy atom. The van der Waals surface area contributed by atoms with E-state index in [4.69, 9.17) is 5.73 Å². The minimum Gasteiger partial charge on any atom is -0.370 e. The van der Waals surface area contributed by atoms with Crippen LogP contribution in [0.15, 0.2) is 4.99 Å². The van der Waals surface area contributed by atoms with Crippen molar-refractivity contribution in [1.29, 1.82) is 0 Å². The Bertz CT molecular complexity index is 177. The van der Waals surface area contributed by atoms with Crippen LogP contribution in [0.25, 0.3) is 0 Å². The molecule has 3 nitrogen and oxygen atoms in total. The maximum Gasteiger partial charge on any atom is 0.188 e. The largest absolute Gasteiger partial charge is 0.370 e. The summed E-state index contributed by atoms with van der Waals surface area (Å²) in [5.41, 5.74) is 5.74. The van der Waals surface area contributed by atoms with Gasteiger partial charge in [-0.3, -0.25) is 4.99 Å². The number of guanidine groups is 1. The lowest BCUT2D eigenvalue weighted by Crippen LogP contribution is -2.32. The zero-order valence-corrected chi connectivity index (χ0v) is 14.4. The van der Waals surface area contributed by atoms with Gasteiger partial charge in [0, 0.05) is 13.1 Å². The molecule has 0 heterocycles. The van der Waals surface area contributed by atoms with E-state index in [0.29, 0.717) is 5.96 Å². The van der Waals surface area contributed by atoms with Gasteiger partial charge in [0.1, 0.15) is 0 Å². The van der Waals surface area contributed by atoms with Crippen molar-refractivity contribution in [3.8, 4) is 0 Å². The van der Waals surface area contributed by atoms with Crippen molar-refractivity contribution in [2.75, 3.05) is 25.1 Å². The van der Waals surface area contributed by atoms with E-state index in [-0.39, 0.29) is 24.0 Å². The molecule has 0 aliphatic heterocycles. The Labute approximate surface area is 128 Å². The van der Waals surface area contributed by atoms with Gasteiger partial charge in [-0.2, -0.15) is 11.8 Å². The number of nitrogens with zero attached hydrogens (tertiary/aromatic N) is 1. The Balaban J connectivity index is 0. The molecule has 0 unspecified atom stereocenters. The molecule has 3 N–H and O–H groups in total. The molecule has 0 aromatic rings. The molecule has 0 rings (SSSR count). The summed E-state index contributed by atoms with van der Waals surface area (Å²) in [6.45, 7) is 4.03. The summed E-state index contributed by atoms with van der Waals surface area (Å²) in [6.07, 6.45) is 9.55. The molecule has 0 aliphatic carbocycles. The number of rotatable bonds is 10. The second-order valence-corrected chi connectivity index (χ2v) is 4.94. The molecular weight excluding hydrogens is 345 g/mol. The first-order valence-electron chi connectivity index (χ1n) is 6.34. The Kier molecular flexibility index (Phi) is 18.9. The van der Waals surface area contributed by atoms with Gasteiger partial charge < -0.3 is 11.1 Å². The van der Waals surface area contributed by atoms with Gasteiger partial charge in [-0.15, -0.1) is 24.0 Å². The predicted molar refractivity (Wildman–Crippen MR) is 91.7 cm³/mol. The molecule has 0 aromatic heterocycles. The van der Waals surface area contributed by atoms with E-state index < -0.39 is 0 Å². The highest BCUT2D eigenvalue weighted by Crippen LogP contribution is 1.99. The van der Waals surface area contributed by atoms with Crippen LogP contribution in [0.1, 0.15) is 45.4 Å². The number of hydrogen-bond acceptors (Lipinski definition) is 2. The van der Waals surface area contributed by atoms with E-state index in [2.05, 4.69) is 23.5 Å². The van der Waals surface area contributed by atoms with E-state index in [1.807, 2.05) is 11.8 Å². The fourth-order valence-electron chi connectivity index (χ4n) is 1.38. The highest BCUT2D eigenvalue weighted by atomic mass is 127. The van der Waals surface area contributed by atoms with E-state index in [1.54, 1.807) is 0 Å². The lowest BCUT2D eigenvalue weighted by Gasteiger charge is -2.04. The van der Waals surface area contributed by atoms with Crippen molar-refractivity contribution in [2.24, 2.45) is 10.7 Å². The third-order valence-electron chi connectivity index (χ3n) is 2.38. The minimum atomic E-state index is 0. The first-order chi connectivity index (χ1) is 7.81. The highest BCUT2D eigenvalue weighted by Gasteiger charge is 1.92. The van der Waals surface area contributed by atoms with Crippen LogP contribution in [0.3, 0.4) is 0 Å². The van der Waals surface area contributed by atoms with Gasteiger partial charge in [0.25, 0.3) is 0 Å². The first-order valence-corrected chi connectivity index (χ1v) is 7.73. The molecule has 104 valence electrons. The molecule has 5 heteroatoms. The number of nitrogens with one attached hydrogen (secondary N) is 1. The second kappa shape index (κ2) is 16.4. The monoisotopic (exact) mass is 373 g/mol. The van der Waals surface area contributed by atoms with Crippen molar-refractivity contribution in [2.45, 2.75) is 45.4 Å². The Hall–Kier alpha value is 0.350. The average Bonchev–Trinajstić information content (AvgIpc) is 2.28. The number of halogens is 1. The van der Waals surface area contributed by atoms with Gasteiger partial charge in [-0.05, 0) is 31.3 Å². The van der Waals surface area contributed by atoms with Crippen LogP contribution < -0.4 is 11.1 Å². The van der Waals surface area contributed by atoms with Crippen molar-refractivity contribution >= 4 is 41.7 Å². The maximum absolute atomic E-state index is 5.74. The summed E-state index contributed by atoms with van der Waals surface area (Å²) in [6, 6.07) is 0. The van der Waals surface area contributed by atoms with Crippen LogP contribution in [-0.4, -0.2) is 31.1 Å². The van der Waals surface area contributed by atoms with Crippen LogP contribution in [-0.2, 0) is 0 Å². The van der Waals surface area contributed by atoms with Gasteiger partial charge in [-0.25, -0.2) is 0 Å². The SMILES string of the molecule is CCCCCCN=C(N)NCCCCSC.I. The Morgan fingerprint density at radius 3 is 2.59 bits per heavy atom. The van der Waals surface area contributed by atoms with Gasteiger partial charge in [0.15, 0.2) is 5.96 Å². The summed E-state index contributed by atoms with van der Waals surface area (Å²) in [7, 11) is 0. The molecule has 0 saturated heterocycles. The average molecular weight is 373 g/mol. The third kappa shape index (κ3) is 16.4. The molecule has 0 saturated carbocycles. The number of unbranched alkanes of at least 4 members (excludes halogenated alkanes) is 4. The van der Waals surface area contributed by atoms with E-state index in [9.17, 15) is 0 Å². The van der Waals surface area contributed by atoms with Crippen LogP contribution in [0.2, 0.25) is 0 Å². The van der Waals surface area contributed by atoms with Crippen LogP contribution in [0, 0.1) is 0 Å². The second-order valence-electron chi connectivity index (χ2n) is 3.95. The normalized spacial score (nSPS) is 11.1. The highest BCUT2D eigenvalue weighted by molar-refractivity contribution is 14.0. The topological polar surface area (TPSA) is 50.4 Å². The van der Waals surface area contributed by atoms with E-state index in [0.717, 1.165) is 19.5 Å². The van der Waals surface area contributed by atoms with Crippen molar-refractivity contribution in [1.82, 2.24) is 5.32 Å². The molecular formula is C12H28IN3S. The lowest BCUT2D eigenvalue weighted by atomic mass is 10.2. The van der Waals surface area contributed by atoms with Gasteiger partial charge in [-0.1, -0.05) is 26.2 Å². The number of nitrogens with two attached hydrogens (primary N) is 1. The third-order valence-corrected chi connectivity index (χ3v) is 3.07. The molecule has 0 radical (unpaired) electrons. The van der Waals surface area contributed by atoms with E-state index >= 15 is 0 Å². The number of hydrogen-bond donors (Lipinski definition) is 2. The molecule has 0 atom stereocenters. The summed E-state index contributed by atoms with van der Waals surface area (Å²) in [5, 5.41) is 3.15.